The number of nitrogens with two attached hydrogens (primary N) is 1. The third-order valence-electron chi connectivity index (χ3n) is 0.735. The fourth-order valence-electron chi connectivity index (χ4n) is 0.278. The molecule has 0 atom stereocenters. The Bertz CT molecular complexity index is 188. The van der Waals surface area contributed by atoms with E-state index in [4.69, 9.17) is 5.73 Å². The molecule has 0 saturated carbocycles. The summed E-state index contributed by atoms with van der Waals surface area (Å²) in [6, 6.07) is 0. The molecule has 0 radical (unpaired) electrons. The van der Waals surface area contributed by atoms with E-state index in [2.05, 4.69) is 20.7 Å². The van der Waals surface area contributed by atoms with Gasteiger partial charge in [0.15, 0.2) is 0 Å². The van der Waals surface area contributed by atoms with Gasteiger partial charge in [-0.15, -0.1) is 10.2 Å². The van der Waals surface area contributed by atoms with Crippen LogP contribution in [-0.4, -0.2) is 11.8 Å². The summed E-state index contributed by atoms with van der Waals surface area (Å²) >= 11 is 0. The summed E-state index contributed by atoms with van der Waals surface area (Å²) in [6.07, 6.45) is 0. The van der Waals surface area contributed by atoms with Gasteiger partial charge in [-0.25, -0.2) is 0 Å². The third-order valence-corrected chi connectivity index (χ3v) is 0.735. The first-order chi connectivity index (χ1) is 4.15. The fourth-order valence-corrected chi connectivity index (χ4v) is 0.278. The van der Waals surface area contributed by atoms with E-state index in [1.54, 1.807) is 0 Å². The molecule has 0 aromatic heterocycles. The number of nitrogens with zero attached hydrogens (tertiary/aromatic N) is 4. The summed E-state index contributed by atoms with van der Waals surface area (Å²) < 4.78 is 0. The van der Waals surface area contributed by atoms with Gasteiger partial charge >= 0.3 is 18.9 Å². The molecule has 0 aromatic rings. The number of aliphatic carboxylic acids is 1. The molecular weight excluding hydrogens is 133 g/mol. The molecule has 1 aliphatic rings. The normalized spacial score (nSPS) is 18.5. The van der Waals surface area contributed by atoms with Crippen molar-refractivity contribution in [3.8, 4) is 0 Å². The van der Waals surface area contributed by atoms with Gasteiger partial charge in [-0.1, -0.05) is 0 Å². The number of hydrogen-bond donors (Lipinski definition) is 1. The molecule has 10 heavy (non-hydrogen) atoms. The second-order valence-corrected chi connectivity index (χ2v) is 1.39. The first-order valence-electron chi connectivity index (χ1n) is 1.99. The molecule has 0 bridgehead atoms. The van der Waals surface area contributed by atoms with Gasteiger partial charge in [0.05, 0.1) is 0 Å². The summed E-state index contributed by atoms with van der Waals surface area (Å²) in [5.41, 5.74) is 4.92. The molecule has 8 heteroatoms. The SMILES string of the molecule is NC1(C(=O)[O-])N=NN=N1.[Li+]. The van der Waals surface area contributed by atoms with E-state index in [-0.39, 0.29) is 18.9 Å². The summed E-state index contributed by atoms with van der Waals surface area (Å²) in [4.78, 5) is 9.98. The van der Waals surface area contributed by atoms with Crippen molar-refractivity contribution in [3.05, 3.63) is 0 Å². The molecule has 1 aliphatic heterocycles. The standard InChI is InChI=1S/C2H3N5O2.Li/c3-2(1(8)9)4-6-7-5-2;/h3H2,(H,8,9);/q;+1/p-1. The van der Waals surface area contributed by atoms with Gasteiger partial charge in [-0.2, -0.15) is 0 Å². The van der Waals surface area contributed by atoms with Crippen LogP contribution in [0.1, 0.15) is 0 Å². The van der Waals surface area contributed by atoms with Crippen LogP contribution in [0.5, 0.6) is 0 Å². The summed E-state index contributed by atoms with van der Waals surface area (Å²) in [5.74, 6) is -3.70. The molecule has 0 aromatic carbocycles. The minimum absolute atomic E-state index is 0. The summed E-state index contributed by atoms with van der Waals surface area (Å²) in [6.45, 7) is 0. The third kappa shape index (κ3) is 1.38. The van der Waals surface area contributed by atoms with Crippen LogP contribution in [-0.2, 0) is 4.79 Å². The zero-order chi connectivity index (χ0) is 6.91. The maximum atomic E-state index is 9.98. The second-order valence-electron chi connectivity index (χ2n) is 1.39. The number of carboxylic acids is 1. The maximum Gasteiger partial charge on any atom is 1.00 e. The average molecular weight is 135 g/mol. The van der Waals surface area contributed by atoms with Crippen molar-refractivity contribution in [2.45, 2.75) is 5.79 Å². The number of carbonyl (C=O) groups is 1. The zero-order valence-electron chi connectivity index (χ0n) is 5.18. The van der Waals surface area contributed by atoms with Crippen molar-refractivity contribution < 1.29 is 28.8 Å². The topological polar surface area (TPSA) is 116 Å². The minimum atomic E-state index is -2.08. The van der Waals surface area contributed by atoms with Gasteiger partial charge < -0.3 is 9.90 Å². The number of rotatable bonds is 1. The van der Waals surface area contributed by atoms with Gasteiger partial charge in [-0.3, -0.25) is 5.73 Å². The minimum Gasteiger partial charge on any atom is -0.544 e. The smallest absolute Gasteiger partial charge is 0.544 e. The fraction of sp³-hybridized carbons (Fsp3) is 0.500. The van der Waals surface area contributed by atoms with Crippen molar-refractivity contribution in [2.24, 2.45) is 26.4 Å². The van der Waals surface area contributed by atoms with Crippen molar-refractivity contribution >= 4 is 5.97 Å². The Morgan fingerprint density at radius 1 is 1.40 bits per heavy atom. The number of carboxylic acid groups (broad SMARTS) is 1. The Balaban J connectivity index is 0.000000810. The Labute approximate surface area is 67.6 Å². The first-order valence-corrected chi connectivity index (χ1v) is 1.99. The van der Waals surface area contributed by atoms with Gasteiger partial charge in [-0.05, 0) is 10.4 Å². The molecule has 0 unspecified atom stereocenters. The zero-order valence-corrected chi connectivity index (χ0v) is 5.18. The van der Waals surface area contributed by atoms with Crippen LogP contribution in [0.4, 0.5) is 0 Å². The molecule has 0 aliphatic carbocycles. The molecule has 0 saturated heterocycles. The van der Waals surface area contributed by atoms with E-state index in [1.165, 1.54) is 0 Å². The molecule has 48 valence electrons. The predicted molar refractivity (Wildman–Crippen MR) is 21.6 cm³/mol. The van der Waals surface area contributed by atoms with E-state index in [0.29, 0.717) is 0 Å². The largest absolute Gasteiger partial charge is 1.00 e. The van der Waals surface area contributed by atoms with Gasteiger partial charge in [0.1, 0.15) is 5.97 Å². The predicted octanol–water partition coefficient (Wildman–Crippen LogP) is -4.81. The van der Waals surface area contributed by atoms with Crippen LogP contribution in [0.15, 0.2) is 20.7 Å². The average Bonchev–Trinajstić information content (AvgIpc) is 2.16. The molecule has 0 fully saturated rings. The second kappa shape index (κ2) is 2.87. The molecule has 7 nitrogen and oxygen atoms in total. The Morgan fingerprint density at radius 3 is 2.00 bits per heavy atom. The van der Waals surface area contributed by atoms with Crippen LogP contribution < -0.4 is 29.7 Å². The monoisotopic (exact) mass is 135 g/mol. The quantitative estimate of drug-likeness (QED) is 0.363. The molecule has 2 N–H and O–H groups in total. The molecule has 1 rings (SSSR count). The van der Waals surface area contributed by atoms with Crippen molar-refractivity contribution in [1.29, 1.82) is 0 Å². The van der Waals surface area contributed by atoms with E-state index >= 15 is 0 Å². The van der Waals surface area contributed by atoms with Crippen molar-refractivity contribution in [2.75, 3.05) is 0 Å². The molecule has 0 spiro atoms. The molecule has 1 heterocycles. The Morgan fingerprint density at radius 2 is 1.80 bits per heavy atom. The van der Waals surface area contributed by atoms with Crippen LogP contribution in [0.2, 0.25) is 0 Å². The van der Waals surface area contributed by atoms with Crippen LogP contribution in [0, 0.1) is 0 Å². The summed E-state index contributed by atoms with van der Waals surface area (Å²) in [7, 11) is 0. The van der Waals surface area contributed by atoms with Crippen LogP contribution >= 0.6 is 0 Å². The summed E-state index contributed by atoms with van der Waals surface area (Å²) in [5, 5.41) is 21.7. The molecular formula is C2H2LiN5O2. The van der Waals surface area contributed by atoms with E-state index in [0.717, 1.165) is 0 Å². The first kappa shape index (κ1) is 9.23. The Hall–Kier alpha value is -0.773. The van der Waals surface area contributed by atoms with Gasteiger partial charge in [0, 0.05) is 0 Å². The van der Waals surface area contributed by atoms with Crippen molar-refractivity contribution in [3.63, 3.8) is 0 Å². The number of carbonyl (C=O) groups excluding carboxylic acids is 1. The van der Waals surface area contributed by atoms with E-state index in [9.17, 15) is 9.90 Å². The van der Waals surface area contributed by atoms with Crippen LogP contribution in [0.25, 0.3) is 0 Å². The maximum absolute atomic E-state index is 9.98. The Kier molecular flexibility index (Phi) is 2.65. The van der Waals surface area contributed by atoms with Crippen LogP contribution in [0.3, 0.4) is 0 Å². The number of hydrogen-bond acceptors (Lipinski definition) is 7. The van der Waals surface area contributed by atoms with Crippen molar-refractivity contribution in [1.82, 2.24) is 0 Å². The van der Waals surface area contributed by atoms with E-state index in [1.807, 2.05) is 0 Å². The molecule has 0 amide bonds. The van der Waals surface area contributed by atoms with E-state index < -0.39 is 11.8 Å². The van der Waals surface area contributed by atoms with Gasteiger partial charge in [0.25, 0.3) is 5.79 Å². The van der Waals surface area contributed by atoms with Gasteiger partial charge in [0.2, 0.25) is 0 Å².